The van der Waals surface area contributed by atoms with E-state index in [4.69, 9.17) is 0 Å². The van der Waals surface area contributed by atoms with Crippen molar-refractivity contribution in [3.05, 3.63) is 0 Å². The minimum atomic E-state index is -3.94. The highest BCUT2D eigenvalue weighted by molar-refractivity contribution is 7.87. The molecule has 0 aliphatic heterocycles. The van der Waals surface area contributed by atoms with E-state index in [1.165, 1.54) is 38.5 Å². The first kappa shape index (κ1) is 18.1. The highest BCUT2D eigenvalue weighted by Crippen LogP contribution is 2.50. The van der Waals surface area contributed by atoms with Crippen molar-refractivity contribution in [2.75, 3.05) is 0 Å². The molecule has 0 aromatic carbocycles. The summed E-state index contributed by atoms with van der Waals surface area (Å²) >= 11 is 0. The molecule has 1 N–H and O–H groups in total. The van der Waals surface area contributed by atoms with E-state index in [1.807, 2.05) is 0 Å². The van der Waals surface area contributed by atoms with Crippen LogP contribution in [0.15, 0.2) is 0 Å². The first-order chi connectivity index (χ1) is 11.0. The molecule has 0 amide bonds. The van der Waals surface area contributed by atoms with E-state index in [0.717, 1.165) is 58.4 Å². The number of hydrogen-bond donors (Lipinski definition) is 1. The Morgan fingerprint density at radius 2 is 1.39 bits per heavy atom. The summed E-state index contributed by atoms with van der Waals surface area (Å²) in [4.78, 5) is 0. The van der Waals surface area contributed by atoms with Crippen LogP contribution in [0.5, 0.6) is 0 Å². The summed E-state index contributed by atoms with van der Waals surface area (Å²) in [7, 11) is -2.92. The van der Waals surface area contributed by atoms with Gasteiger partial charge in [0.05, 0.1) is 0 Å². The van der Waals surface area contributed by atoms with Crippen LogP contribution in [-0.4, -0.2) is 29.0 Å². The predicted molar refractivity (Wildman–Crippen MR) is 98.3 cm³/mol. The molecule has 0 radical (unpaired) electrons. The third-order valence-electron chi connectivity index (χ3n) is 6.71. The molecule has 3 saturated carbocycles. The van der Waals surface area contributed by atoms with Crippen molar-refractivity contribution in [3.8, 4) is 0 Å². The molecule has 3 nitrogen and oxygen atoms in total. The molecule has 0 spiro atoms. The SMILES string of the molecule is O=S(=O)(O)C1(C2CCCC(PC3CCCCC3)C2)CCCCC1. The summed E-state index contributed by atoms with van der Waals surface area (Å²) in [6, 6.07) is 0. The third-order valence-corrected chi connectivity index (χ3v) is 10.5. The maximum Gasteiger partial charge on any atom is 0.270 e. The molecular formula is C18H33O3PS. The second-order valence-electron chi connectivity index (χ2n) is 8.16. The Hall–Kier alpha value is 0.340. The molecule has 0 saturated heterocycles. The lowest BCUT2D eigenvalue weighted by Crippen LogP contribution is -2.49. The van der Waals surface area contributed by atoms with E-state index in [0.29, 0.717) is 12.8 Å². The summed E-state index contributed by atoms with van der Waals surface area (Å²) in [6.07, 6.45) is 15.9. The largest absolute Gasteiger partial charge is 0.285 e. The lowest BCUT2D eigenvalue weighted by atomic mass is 9.72. The molecule has 23 heavy (non-hydrogen) atoms. The smallest absolute Gasteiger partial charge is 0.270 e. The lowest BCUT2D eigenvalue weighted by Gasteiger charge is -2.45. The van der Waals surface area contributed by atoms with Gasteiger partial charge in [-0.25, -0.2) is 0 Å². The topological polar surface area (TPSA) is 54.4 Å². The van der Waals surface area contributed by atoms with Crippen LogP contribution in [0.25, 0.3) is 0 Å². The van der Waals surface area contributed by atoms with Crippen molar-refractivity contribution < 1.29 is 13.0 Å². The first-order valence-corrected chi connectivity index (χ1v) is 12.3. The predicted octanol–water partition coefficient (Wildman–Crippen LogP) is 5.15. The van der Waals surface area contributed by atoms with Crippen LogP contribution in [0.4, 0.5) is 0 Å². The Balaban J connectivity index is 1.68. The lowest BCUT2D eigenvalue weighted by molar-refractivity contribution is 0.206. The van der Waals surface area contributed by atoms with Crippen molar-refractivity contribution in [1.82, 2.24) is 0 Å². The molecule has 3 atom stereocenters. The van der Waals surface area contributed by atoms with Crippen molar-refractivity contribution >= 4 is 18.7 Å². The van der Waals surface area contributed by atoms with Crippen LogP contribution in [-0.2, 0) is 10.1 Å². The summed E-state index contributed by atoms with van der Waals surface area (Å²) < 4.78 is 33.7. The molecule has 134 valence electrons. The molecule has 3 aliphatic carbocycles. The molecule has 3 rings (SSSR count). The maximum absolute atomic E-state index is 12.3. The summed E-state index contributed by atoms with van der Waals surface area (Å²) in [6.45, 7) is 0. The van der Waals surface area contributed by atoms with Crippen molar-refractivity contribution in [2.45, 2.75) is 106 Å². The van der Waals surface area contributed by atoms with Crippen LogP contribution >= 0.6 is 8.58 Å². The van der Waals surface area contributed by atoms with Crippen LogP contribution in [0, 0.1) is 5.92 Å². The molecule has 0 aromatic heterocycles. The summed E-state index contributed by atoms with van der Waals surface area (Å²) in [5.41, 5.74) is 1.62. The van der Waals surface area contributed by atoms with Gasteiger partial charge in [0.15, 0.2) is 0 Å². The van der Waals surface area contributed by atoms with Gasteiger partial charge in [-0.05, 0) is 62.2 Å². The quantitative estimate of drug-likeness (QED) is 0.557. The van der Waals surface area contributed by atoms with Crippen LogP contribution < -0.4 is 0 Å². The minimum absolute atomic E-state index is 0.202. The molecule has 0 bridgehead atoms. The van der Waals surface area contributed by atoms with Gasteiger partial charge in [-0.1, -0.05) is 44.9 Å². The van der Waals surface area contributed by atoms with E-state index < -0.39 is 14.9 Å². The Morgan fingerprint density at radius 1 is 0.783 bits per heavy atom. The van der Waals surface area contributed by atoms with Gasteiger partial charge in [0, 0.05) is 0 Å². The molecular weight excluding hydrogens is 327 g/mol. The number of hydrogen-bond acceptors (Lipinski definition) is 2. The van der Waals surface area contributed by atoms with E-state index in [2.05, 4.69) is 0 Å². The molecule has 3 aliphatic rings. The van der Waals surface area contributed by atoms with E-state index in [1.54, 1.807) is 0 Å². The van der Waals surface area contributed by atoms with Gasteiger partial charge in [-0.2, -0.15) is 8.42 Å². The fraction of sp³-hybridized carbons (Fsp3) is 1.00. The minimum Gasteiger partial charge on any atom is -0.285 e. The molecule has 0 heterocycles. The summed E-state index contributed by atoms with van der Waals surface area (Å²) in [5, 5.41) is 0. The number of rotatable bonds is 4. The Labute approximate surface area is 143 Å². The van der Waals surface area contributed by atoms with Gasteiger partial charge in [0.25, 0.3) is 10.1 Å². The maximum atomic E-state index is 12.3. The molecule has 3 unspecified atom stereocenters. The van der Waals surface area contributed by atoms with Gasteiger partial charge in [-0.3, -0.25) is 4.55 Å². The van der Waals surface area contributed by atoms with Gasteiger partial charge < -0.3 is 0 Å². The Bertz CT molecular complexity index is 478. The van der Waals surface area contributed by atoms with E-state index >= 15 is 0 Å². The van der Waals surface area contributed by atoms with Gasteiger partial charge in [0.1, 0.15) is 4.75 Å². The highest BCUT2D eigenvalue weighted by atomic mass is 32.2. The van der Waals surface area contributed by atoms with Crippen molar-refractivity contribution in [1.29, 1.82) is 0 Å². The van der Waals surface area contributed by atoms with Gasteiger partial charge in [0.2, 0.25) is 0 Å². The zero-order valence-electron chi connectivity index (χ0n) is 14.3. The second kappa shape index (κ2) is 7.70. The Kier molecular flexibility index (Phi) is 6.08. The van der Waals surface area contributed by atoms with E-state index in [9.17, 15) is 13.0 Å². The van der Waals surface area contributed by atoms with Crippen molar-refractivity contribution in [3.63, 3.8) is 0 Å². The van der Waals surface area contributed by atoms with Gasteiger partial charge >= 0.3 is 0 Å². The highest BCUT2D eigenvalue weighted by Gasteiger charge is 2.50. The van der Waals surface area contributed by atoms with Crippen molar-refractivity contribution in [2.24, 2.45) is 5.92 Å². The average Bonchev–Trinajstić information content (AvgIpc) is 2.56. The second-order valence-corrected chi connectivity index (χ2v) is 11.9. The summed E-state index contributed by atoms with van der Waals surface area (Å²) in [5.74, 6) is 0.202. The van der Waals surface area contributed by atoms with E-state index in [-0.39, 0.29) is 5.92 Å². The Morgan fingerprint density at radius 3 is 2.04 bits per heavy atom. The van der Waals surface area contributed by atoms with Crippen LogP contribution in [0.3, 0.4) is 0 Å². The van der Waals surface area contributed by atoms with Crippen LogP contribution in [0.1, 0.15) is 89.9 Å². The molecule has 3 fully saturated rings. The molecule has 0 aromatic rings. The zero-order chi connectivity index (χ0) is 16.3. The monoisotopic (exact) mass is 360 g/mol. The van der Waals surface area contributed by atoms with Gasteiger partial charge in [-0.15, -0.1) is 8.58 Å². The molecule has 5 heteroatoms. The average molecular weight is 361 g/mol. The van der Waals surface area contributed by atoms with Crippen LogP contribution in [0.2, 0.25) is 0 Å². The standard InChI is InChI=1S/C18H33O3PS/c19-23(20,21)18(12-5-2-6-13-18)15-8-7-11-17(14-15)22-16-9-3-1-4-10-16/h15-17,22H,1-14H2,(H,19,20,21). The third kappa shape index (κ3) is 4.12. The first-order valence-electron chi connectivity index (χ1n) is 9.74. The fourth-order valence-corrected chi connectivity index (χ4v) is 9.09. The normalized spacial score (nSPS) is 34.0. The zero-order valence-corrected chi connectivity index (χ0v) is 16.1. The fourth-order valence-electron chi connectivity index (χ4n) is 5.45.